The molecule has 4 heteroatoms. The molecule has 0 radical (unpaired) electrons. The molecule has 1 aromatic carbocycles. The number of aromatic amines is 1. The van der Waals surface area contributed by atoms with Gasteiger partial charge >= 0.3 is 0 Å². The van der Waals surface area contributed by atoms with E-state index < -0.39 is 0 Å². The fourth-order valence-electron chi connectivity index (χ4n) is 2.25. The number of anilines is 1. The Labute approximate surface area is 128 Å². The van der Waals surface area contributed by atoms with Crippen molar-refractivity contribution in [2.24, 2.45) is 0 Å². The van der Waals surface area contributed by atoms with E-state index in [0.29, 0.717) is 0 Å². The molecule has 0 atom stereocenters. The largest absolute Gasteiger partial charge is 0.355 e. The number of hydrogen-bond acceptors (Lipinski definition) is 3. The smallest absolute Gasteiger partial charge is 0.178 e. The molecule has 2 aromatic rings. The van der Waals surface area contributed by atoms with Gasteiger partial charge in [0.05, 0.1) is 11.7 Å². The summed E-state index contributed by atoms with van der Waals surface area (Å²) in [5, 5.41) is 11.4. The number of H-pyrrole nitrogens is 1. The number of ketones is 1. The lowest BCUT2D eigenvalue weighted by Gasteiger charge is -2.19. The minimum atomic E-state index is -0.0991. The summed E-state index contributed by atoms with van der Waals surface area (Å²) < 4.78 is 0. The van der Waals surface area contributed by atoms with Gasteiger partial charge in [-0.1, -0.05) is 18.7 Å². The van der Waals surface area contributed by atoms with Gasteiger partial charge in [0.2, 0.25) is 0 Å². The summed E-state index contributed by atoms with van der Waals surface area (Å²) >= 11 is 0. The molecule has 0 aliphatic heterocycles. The Bertz CT molecular complexity index is 809. The van der Waals surface area contributed by atoms with Crippen LogP contribution in [0.15, 0.2) is 72.6 Å². The molecule has 0 bridgehead atoms. The standard InChI is InChI=1S/C18H17N3O/c1-2-16(22)7-4-8-17(13-5-3-6-13)20-15-9-10-18-14(11-15)12-19-21-18/h2,4-5,7-12,20H,1,3,6H2,(H,19,21). The molecule has 0 amide bonds. The van der Waals surface area contributed by atoms with Gasteiger partial charge in [0.1, 0.15) is 0 Å². The second-order valence-corrected chi connectivity index (χ2v) is 5.11. The lowest BCUT2D eigenvalue weighted by Crippen LogP contribution is -2.07. The summed E-state index contributed by atoms with van der Waals surface area (Å²) in [5.41, 5.74) is 4.29. The average molecular weight is 291 g/mol. The maximum atomic E-state index is 11.2. The highest BCUT2D eigenvalue weighted by molar-refractivity contribution is 5.98. The van der Waals surface area contributed by atoms with Crippen molar-refractivity contribution in [2.45, 2.75) is 12.8 Å². The first kappa shape index (κ1) is 14.1. The number of nitrogens with zero attached hydrogens (tertiary/aromatic N) is 1. The summed E-state index contributed by atoms with van der Waals surface area (Å²) in [6.45, 7) is 3.46. The monoisotopic (exact) mass is 291 g/mol. The van der Waals surface area contributed by atoms with Crippen LogP contribution < -0.4 is 5.32 Å². The zero-order valence-corrected chi connectivity index (χ0v) is 12.2. The van der Waals surface area contributed by atoms with E-state index in [4.69, 9.17) is 0 Å². The van der Waals surface area contributed by atoms with Crippen LogP contribution in [-0.4, -0.2) is 16.0 Å². The first-order valence-corrected chi connectivity index (χ1v) is 7.20. The van der Waals surface area contributed by atoms with Gasteiger partial charge in [-0.05, 0) is 54.8 Å². The van der Waals surface area contributed by atoms with E-state index in [1.165, 1.54) is 17.7 Å². The fourth-order valence-corrected chi connectivity index (χ4v) is 2.25. The predicted octanol–water partition coefficient (Wildman–Crippen LogP) is 3.89. The predicted molar refractivity (Wildman–Crippen MR) is 89.5 cm³/mol. The maximum Gasteiger partial charge on any atom is 0.178 e. The third-order valence-corrected chi connectivity index (χ3v) is 3.59. The molecule has 1 heterocycles. The molecule has 3 rings (SSSR count). The van der Waals surface area contributed by atoms with Crippen LogP contribution in [0.1, 0.15) is 12.8 Å². The van der Waals surface area contributed by atoms with Gasteiger partial charge in [-0.2, -0.15) is 5.10 Å². The number of rotatable bonds is 6. The van der Waals surface area contributed by atoms with E-state index >= 15 is 0 Å². The van der Waals surface area contributed by atoms with E-state index in [1.807, 2.05) is 24.3 Å². The lowest BCUT2D eigenvalue weighted by molar-refractivity contribution is -0.110. The number of fused-ring (bicyclic) bond motifs is 1. The molecule has 0 saturated carbocycles. The van der Waals surface area contributed by atoms with Crippen LogP contribution in [0.3, 0.4) is 0 Å². The van der Waals surface area contributed by atoms with Crippen molar-refractivity contribution in [2.75, 3.05) is 5.32 Å². The molecular formula is C18H17N3O. The zero-order chi connectivity index (χ0) is 15.4. The minimum Gasteiger partial charge on any atom is -0.355 e. The Morgan fingerprint density at radius 3 is 3.00 bits per heavy atom. The Hall–Kier alpha value is -2.88. The lowest BCUT2D eigenvalue weighted by atomic mass is 9.95. The highest BCUT2D eigenvalue weighted by atomic mass is 16.1. The molecule has 4 nitrogen and oxygen atoms in total. The Balaban J connectivity index is 1.83. The van der Waals surface area contributed by atoms with E-state index in [0.717, 1.165) is 35.1 Å². The molecule has 2 N–H and O–H groups in total. The first-order chi connectivity index (χ1) is 10.8. The molecule has 110 valence electrons. The highest BCUT2D eigenvalue weighted by Gasteiger charge is 2.11. The Kier molecular flexibility index (Phi) is 4.01. The van der Waals surface area contributed by atoms with Gasteiger partial charge in [-0.25, -0.2) is 0 Å². The maximum absolute atomic E-state index is 11.2. The van der Waals surface area contributed by atoms with Gasteiger partial charge in [0.15, 0.2) is 5.78 Å². The van der Waals surface area contributed by atoms with Crippen LogP contribution in [0.25, 0.3) is 10.9 Å². The number of allylic oxidation sites excluding steroid dienone is 6. The van der Waals surface area contributed by atoms with E-state index in [-0.39, 0.29) is 5.78 Å². The quantitative estimate of drug-likeness (QED) is 0.627. The van der Waals surface area contributed by atoms with Gasteiger partial charge < -0.3 is 5.32 Å². The average Bonchev–Trinajstić information content (AvgIpc) is 2.92. The van der Waals surface area contributed by atoms with Gasteiger partial charge in [-0.15, -0.1) is 0 Å². The molecule has 0 saturated heterocycles. The van der Waals surface area contributed by atoms with Crippen molar-refractivity contribution in [1.82, 2.24) is 10.2 Å². The number of carbonyl (C=O) groups excluding carboxylic acids is 1. The number of aromatic nitrogens is 2. The van der Waals surface area contributed by atoms with Crippen molar-refractivity contribution >= 4 is 22.4 Å². The molecule has 0 unspecified atom stereocenters. The molecular weight excluding hydrogens is 274 g/mol. The molecule has 0 spiro atoms. The Morgan fingerprint density at radius 1 is 1.41 bits per heavy atom. The molecule has 1 aliphatic carbocycles. The number of nitrogens with one attached hydrogen (secondary N) is 2. The topological polar surface area (TPSA) is 57.8 Å². The van der Waals surface area contributed by atoms with Crippen molar-refractivity contribution < 1.29 is 4.79 Å². The minimum absolute atomic E-state index is 0.0991. The normalized spacial score (nSPS) is 14.7. The molecule has 0 fully saturated rings. The van der Waals surface area contributed by atoms with Crippen LogP contribution >= 0.6 is 0 Å². The van der Waals surface area contributed by atoms with E-state index in [1.54, 1.807) is 12.3 Å². The van der Waals surface area contributed by atoms with Crippen LogP contribution in [0.2, 0.25) is 0 Å². The second-order valence-electron chi connectivity index (χ2n) is 5.11. The summed E-state index contributed by atoms with van der Waals surface area (Å²) in [4.78, 5) is 11.2. The van der Waals surface area contributed by atoms with Crippen LogP contribution in [-0.2, 0) is 4.79 Å². The highest BCUT2D eigenvalue weighted by Crippen LogP contribution is 2.28. The van der Waals surface area contributed by atoms with Gasteiger partial charge in [0.25, 0.3) is 0 Å². The van der Waals surface area contributed by atoms with Crippen LogP contribution in [0.5, 0.6) is 0 Å². The van der Waals surface area contributed by atoms with Crippen molar-refractivity contribution in [1.29, 1.82) is 0 Å². The number of hydrogen-bond donors (Lipinski definition) is 2. The van der Waals surface area contributed by atoms with Crippen molar-refractivity contribution in [3.05, 3.63) is 72.6 Å². The Morgan fingerprint density at radius 2 is 2.27 bits per heavy atom. The third-order valence-electron chi connectivity index (χ3n) is 3.59. The molecule has 22 heavy (non-hydrogen) atoms. The zero-order valence-electron chi connectivity index (χ0n) is 12.2. The fraction of sp³-hybridized carbons (Fsp3) is 0.111. The van der Waals surface area contributed by atoms with Gasteiger partial charge in [-0.3, -0.25) is 9.89 Å². The van der Waals surface area contributed by atoms with E-state index in [2.05, 4.69) is 28.2 Å². The van der Waals surface area contributed by atoms with Crippen LogP contribution in [0, 0.1) is 0 Å². The van der Waals surface area contributed by atoms with Crippen molar-refractivity contribution in [3.63, 3.8) is 0 Å². The summed E-state index contributed by atoms with van der Waals surface area (Å²) in [6.07, 6.45) is 12.6. The summed E-state index contributed by atoms with van der Waals surface area (Å²) in [7, 11) is 0. The summed E-state index contributed by atoms with van der Waals surface area (Å²) in [5.74, 6) is -0.0991. The number of benzene rings is 1. The summed E-state index contributed by atoms with van der Waals surface area (Å²) in [6, 6.07) is 6.05. The SMILES string of the molecule is C=CC(=O)C=CC=C(Nc1ccc2[nH]ncc2c1)C1=CCC1. The van der Waals surface area contributed by atoms with Gasteiger partial charge in [0, 0.05) is 16.8 Å². The molecule has 1 aliphatic rings. The molecule has 1 aromatic heterocycles. The van der Waals surface area contributed by atoms with Crippen LogP contribution in [0.4, 0.5) is 5.69 Å². The third kappa shape index (κ3) is 3.06. The van der Waals surface area contributed by atoms with Crippen molar-refractivity contribution in [3.8, 4) is 0 Å². The van der Waals surface area contributed by atoms with E-state index in [9.17, 15) is 4.79 Å². The first-order valence-electron chi connectivity index (χ1n) is 7.20. The number of carbonyl (C=O) groups is 1. The second kappa shape index (κ2) is 6.26.